The van der Waals surface area contributed by atoms with E-state index in [-0.39, 0.29) is 11.9 Å². The molecular weight excluding hydrogens is 348 g/mol. The number of carbonyl (C=O) groups is 1. The van der Waals surface area contributed by atoms with Gasteiger partial charge in [0.25, 0.3) is 0 Å². The van der Waals surface area contributed by atoms with Crippen LogP contribution in [-0.2, 0) is 6.42 Å². The average Bonchev–Trinajstić information content (AvgIpc) is 3.11. The quantitative estimate of drug-likeness (QED) is 0.611. The minimum Gasteiger partial charge on any atom is -0.489 e. The Labute approximate surface area is 166 Å². The third-order valence-corrected chi connectivity index (χ3v) is 5.44. The third-order valence-electron chi connectivity index (χ3n) is 5.44. The minimum absolute atomic E-state index is 0.0724. The molecule has 1 aliphatic heterocycles. The Morgan fingerprint density at radius 3 is 2.82 bits per heavy atom. The number of unbranched alkanes of at least 4 members (excludes halogenated alkanes) is 1. The lowest BCUT2D eigenvalue weighted by Gasteiger charge is -2.23. The molecule has 4 heteroatoms. The highest BCUT2D eigenvalue weighted by Crippen LogP contribution is 2.24. The molecule has 4 nitrogen and oxygen atoms in total. The minimum atomic E-state index is 0.0724. The number of ether oxygens (including phenoxy) is 1. The van der Waals surface area contributed by atoms with Crippen LogP contribution in [0.5, 0.6) is 5.75 Å². The van der Waals surface area contributed by atoms with Gasteiger partial charge in [0.1, 0.15) is 11.9 Å². The summed E-state index contributed by atoms with van der Waals surface area (Å²) in [7, 11) is 0. The second-order valence-electron chi connectivity index (χ2n) is 7.56. The summed E-state index contributed by atoms with van der Waals surface area (Å²) in [5.41, 5.74) is 3.69. The van der Waals surface area contributed by atoms with Gasteiger partial charge in [0.05, 0.1) is 5.69 Å². The van der Waals surface area contributed by atoms with Gasteiger partial charge in [-0.05, 0) is 80.3 Å². The Kier molecular flexibility index (Phi) is 5.77. The number of fused-ring (bicyclic) bond motifs is 1. The standard InChI is InChI=1S/C24H28N2O2/c1-2-3-7-19-16-20-8-4-5-15-26(20)23(19)24(27)18-10-12-21(13-11-18)28-22-9-6-14-25-17-22/h4-5,8,10-13,15-16,22,25H,2-3,6-7,9,14,17H2,1H3/t22-/m1/s1. The van der Waals surface area contributed by atoms with Gasteiger partial charge in [-0.3, -0.25) is 4.79 Å². The van der Waals surface area contributed by atoms with Crippen LogP contribution in [-0.4, -0.2) is 29.4 Å². The molecule has 4 rings (SSSR count). The number of hydrogen-bond acceptors (Lipinski definition) is 3. The molecule has 0 spiro atoms. The van der Waals surface area contributed by atoms with Gasteiger partial charge in [-0.15, -0.1) is 0 Å². The molecule has 2 aromatic heterocycles. The zero-order valence-corrected chi connectivity index (χ0v) is 16.5. The number of hydrogen-bond donors (Lipinski definition) is 1. The van der Waals surface area contributed by atoms with E-state index in [1.165, 1.54) is 0 Å². The van der Waals surface area contributed by atoms with E-state index < -0.39 is 0 Å². The van der Waals surface area contributed by atoms with Crippen LogP contribution in [0.3, 0.4) is 0 Å². The molecule has 0 radical (unpaired) electrons. The summed E-state index contributed by atoms with van der Waals surface area (Å²) >= 11 is 0. The number of aryl methyl sites for hydroxylation is 1. The fourth-order valence-electron chi connectivity index (χ4n) is 3.93. The van der Waals surface area contributed by atoms with Crippen molar-refractivity contribution < 1.29 is 9.53 Å². The predicted octanol–water partition coefficient (Wildman–Crippen LogP) is 4.64. The van der Waals surface area contributed by atoms with Gasteiger partial charge < -0.3 is 14.5 Å². The molecule has 0 unspecified atom stereocenters. The Morgan fingerprint density at radius 2 is 2.07 bits per heavy atom. The Morgan fingerprint density at radius 1 is 1.21 bits per heavy atom. The normalized spacial score (nSPS) is 17.0. The molecule has 146 valence electrons. The summed E-state index contributed by atoms with van der Waals surface area (Å²) in [6.45, 7) is 4.13. The first kappa shape index (κ1) is 18.8. The number of ketones is 1. The summed E-state index contributed by atoms with van der Waals surface area (Å²) in [4.78, 5) is 13.3. The van der Waals surface area contributed by atoms with Gasteiger partial charge in [0.15, 0.2) is 0 Å². The number of piperidine rings is 1. The fourth-order valence-corrected chi connectivity index (χ4v) is 3.93. The van der Waals surface area contributed by atoms with Gasteiger partial charge in [-0.1, -0.05) is 19.4 Å². The van der Waals surface area contributed by atoms with E-state index in [1.807, 2.05) is 47.0 Å². The third kappa shape index (κ3) is 3.97. The molecule has 0 bridgehead atoms. The SMILES string of the molecule is CCCCc1cc2ccccn2c1C(=O)c1ccc(O[C@@H]2CCCNC2)cc1. The second kappa shape index (κ2) is 8.61. The first-order chi connectivity index (χ1) is 13.8. The van der Waals surface area contributed by atoms with Crippen LogP contribution in [0.2, 0.25) is 0 Å². The van der Waals surface area contributed by atoms with E-state index in [0.717, 1.165) is 67.7 Å². The molecule has 1 aliphatic rings. The van der Waals surface area contributed by atoms with Crippen LogP contribution >= 0.6 is 0 Å². The van der Waals surface area contributed by atoms with Gasteiger partial charge >= 0.3 is 0 Å². The van der Waals surface area contributed by atoms with Crippen molar-refractivity contribution in [3.63, 3.8) is 0 Å². The smallest absolute Gasteiger partial charge is 0.210 e. The van der Waals surface area contributed by atoms with Crippen LogP contribution in [0.25, 0.3) is 5.52 Å². The number of benzene rings is 1. The lowest BCUT2D eigenvalue weighted by molar-refractivity contribution is 0.103. The van der Waals surface area contributed by atoms with Crippen LogP contribution in [0.15, 0.2) is 54.7 Å². The molecule has 0 aliphatic carbocycles. The number of nitrogens with one attached hydrogen (secondary N) is 1. The monoisotopic (exact) mass is 376 g/mol. The number of carbonyl (C=O) groups excluding carboxylic acids is 1. The summed E-state index contributed by atoms with van der Waals surface area (Å²) in [5.74, 6) is 0.902. The lowest BCUT2D eigenvalue weighted by Crippen LogP contribution is -2.37. The van der Waals surface area contributed by atoms with Crippen LogP contribution in [0.1, 0.15) is 54.2 Å². The van der Waals surface area contributed by atoms with Crippen molar-refractivity contribution in [1.82, 2.24) is 9.72 Å². The number of rotatable bonds is 7. The first-order valence-corrected chi connectivity index (χ1v) is 10.4. The lowest BCUT2D eigenvalue weighted by atomic mass is 10.0. The highest BCUT2D eigenvalue weighted by molar-refractivity contribution is 6.09. The summed E-state index contributed by atoms with van der Waals surface area (Å²) in [6, 6.07) is 15.8. The van der Waals surface area contributed by atoms with Gasteiger partial charge in [-0.2, -0.15) is 0 Å². The van der Waals surface area contributed by atoms with E-state index in [9.17, 15) is 4.79 Å². The van der Waals surface area contributed by atoms with Gasteiger partial charge in [0, 0.05) is 23.8 Å². The molecular formula is C24H28N2O2. The molecule has 3 heterocycles. The summed E-state index contributed by atoms with van der Waals surface area (Å²) < 4.78 is 8.07. The van der Waals surface area contributed by atoms with E-state index in [1.54, 1.807) is 0 Å². The predicted molar refractivity (Wildman–Crippen MR) is 112 cm³/mol. The van der Waals surface area contributed by atoms with Crippen molar-refractivity contribution in [2.75, 3.05) is 13.1 Å². The Bertz CT molecular complexity index is 937. The van der Waals surface area contributed by atoms with Crippen molar-refractivity contribution in [3.8, 4) is 5.75 Å². The first-order valence-electron chi connectivity index (χ1n) is 10.4. The zero-order chi connectivity index (χ0) is 19.3. The molecule has 0 amide bonds. The van der Waals surface area contributed by atoms with Crippen molar-refractivity contribution in [2.45, 2.75) is 45.1 Å². The molecule has 1 saturated heterocycles. The van der Waals surface area contributed by atoms with Crippen molar-refractivity contribution in [1.29, 1.82) is 0 Å². The molecule has 0 saturated carbocycles. The van der Waals surface area contributed by atoms with Crippen LogP contribution in [0.4, 0.5) is 0 Å². The maximum Gasteiger partial charge on any atom is 0.210 e. The molecule has 3 aromatic rings. The zero-order valence-electron chi connectivity index (χ0n) is 16.5. The van der Waals surface area contributed by atoms with Crippen molar-refractivity contribution in [3.05, 3.63) is 71.5 Å². The van der Waals surface area contributed by atoms with E-state index in [2.05, 4.69) is 24.4 Å². The topological polar surface area (TPSA) is 42.7 Å². The Balaban J connectivity index is 1.58. The number of nitrogens with zero attached hydrogens (tertiary/aromatic N) is 1. The maximum absolute atomic E-state index is 13.3. The van der Waals surface area contributed by atoms with Crippen molar-refractivity contribution in [2.24, 2.45) is 0 Å². The maximum atomic E-state index is 13.3. The highest BCUT2D eigenvalue weighted by Gasteiger charge is 2.19. The molecule has 28 heavy (non-hydrogen) atoms. The van der Waals surface area contributed by atoms with Crippen LogP contribution in [0, 0.1) is 0 Å². The molecule has 1 N–H and O–H groups in total. The van der Waals surface area contributed by atoms with E-state index in [0.29, 0.717) is 5.56 Å². The fraction of sp³-hybridized carbons (Fsp3) is 0.375. The largest absolute Gasteiger partial charge is 0.489 e. The second-order valence-corrected chi connectivity index (χ2v) is 7.56. The summed E-state index contributed by atoms with van der Waals surface area (Å²) in [5, 5.41) is 3.36. The summed E-state index contributed by atoms with van der Waals surface area (Å²) in [6.07, 6.45) is 7.53. The highest BCUT2D eigenvalue weighted by atomic mass is 16.5. The number of pyridine rings is 1. The van der Waals surface area contributed by atoms with E-state index in [4.69, 9.17) is 4.74 Å². The van der Waals surface area contributed by atoms with Gasteiger partial charge in [-0.25, -0.2) is 0 Å². The molecule has 1 fully saturated rings. The molecule has 1 atom stereocenters. The van der Waals surface area contributed by atoms with Gasteiger partial charge in [0.2, 0.25) is 5.78 Å². The Hall–Kier alpha value is -2.59. The van der Waals surface area contributed by atoms with Crippen molar-refractivity contribution >= 4 is 11.3 Å². The van der Waals surface area contributed by atoms with Crippen LogP contribution < -0.4 is 10.1 Å². The molecule has 1 aromatic carbocycles. The average molecular weight is 377 g/mol. The van der Waals surface area contributed by atoms with E-state index >= 15 is 0 Å². The number of aromatic nitrogens is 1.